The maximum atomic E-state index is 12.6. The molecule has 0 radical (unpaired) electrons. The van der Waals surface area contributed by atoms with Crippen molar-refractivity contribution in [2.45, 2.75) is 13.5 Å². The predicted molar refractivity (Wildman–Crippen MR) is 101 cm³/mol. The summed E-state index contributed by atoms with van der Waals surface area (Å²) in [6.07, 6.45) is 0. The van der Waals surface area contributed by atoms with E-state index in [1.165, 1.54) is 11.3 Å². The second-order valence-corrected chi connectivity index (χ2v) is 7.44. The van der Waals surface area contributed by atoms with Crippen LogP contribution < -0.4 is 14.3 Å². The van der Waals surface area contributed by atoms with Gasteiger partial charge in [0, 0.05) is 16.6 Å². The third-order valence-electron chi connectivity index (χ3n) is 3.95. The number of thiazole rings is 1. The molecular formula is C18H15BrN2O3S. The van der Waals surface area contributed by atoms with Gasteiger partial charge in [0.25, 0.3) is 5.91 Å². The summed E-state index contributed by atoms with van der Waals surface area (Å²) < 4.78 is 15.2. The van der Waals surface area contributed by atoms with E-state index in [1.807, 2.05) is 29.7 Å². The molecular weight excluding hydrogens is 404 g/mol. The maximum Gasteiger partial charge on any atom is 0.279 e. The summed E-state index contributed by atoms with van der Waals surface area (Å²) in [5.74, 6) is 0.971. The van der Waals surface area contributed by atoms with Crippen LogP contribution in [0.1, 0.15) is 17.3 Å². The van der Waals surface area contributed by atoms with Gasteiger partial charge in [-0.05, 0) is 43.3 Å². The summed E-state index contributed by atoms with van der Waals surface area (Å²) in [6, 6.07) is 11.2. The first-order valence-electron chi connectivity index (χ1n) is 7.93. The van der Waals surface area contributed by atoms with Crippen molar-refractivity contribution in [3.63, 3.8) is 0 Å². The van der Waals surface area contributed by atoms with E-state index in [0.717, 1.165) is 21.2 Å². The van der Waals surface area contributed by atoms with Gasteiger partial charge in [-0.25, -0.2) is 0 Å². The van der Waals surface area contributed by atoms with Gasteiger partial charge in [0.15, 0.2) is 16.3 Å². The van der Waals surface area contributed by atoms with Gasteiger partial charge in [-0.3, -0.25) is 4.79 Å². The molecule has 0 atom stereocenters. The molecule has 7 heteroatoms. The summed E-state index contributed by atoms with van der Waals surface area (Å²) in [5.41, 5.74) is 1.56. The zero-order valence-electron chi connectivity index (χ0n) is 13.5. The Balaban J connectivity index is 1.77. The van der Waals surface area contributed by atoms with E-state index >= 15 is 0 Å². The number of rotatable bonds is 2. The van der Waals surface area contributed by atoms with Gasteiger partial charge >= 0.3 is 0 Å². The smallest absolute Gasteiger partial charge is 0.279 e. The van der Waals surface area contributed by atoms with Crippen molar-refractivity contribution in [1.82, 2.24) is 4.57 Å². The van der Waals surface area contributed by atoms with Crippen molar-refractivity contribution in [3.8, 4) is 11.5 Å². The van der Waals surface area contributed by atoms with Crippen molar-refractivity contribution < 1.29 is 14.3 Å². The molecule has 1 aliphatic heterocycles. The van der Waals surface area contributed by atoms with E-state index in [0.29, 0.717) is 35.1 Å². The van der Waals surface area contributed by atoms with Crippen LogP contribution >= 0.6 is 27.3 Å². The Morgan fingerprint density at radius 3 is 2.80 bits per heavy atom. The average molecular weight is 419 g/mol. The van der Waals surface area contributed by atoms with E-state index in [9.17, 15) is 4.79 Å². The molecule has 1 amide bonds. The van der Waals surface area contributed by atoms with Gasteiger partial charge < -0.3 is 14.0 Å². The third kappa shape index (κ3) is 3.09. The second-order valence-electron chi connectivity index (χ2n) is 5.52. The first-order chi connectivity index (χ1) is 12.2. The zero-order chi connectivity index (χ0) is 17.4. The van der Waals surface area contributed by atoms with Gasteiger partial charge in [-0.1, -0.05) is 27.3 Å². The van der Waals surface area contributed by atoms with Crippen molar-refractivity contribution in [2.24, 2.45) is 4.99 Å². The molecule has 1 aliphatic rings. The minimum absolute atomic E-state index is 0.287. The molecule has 0 fully saturated rings. The molecule has 4 rings (SSSR count). The predicted octanol–water partition coefficient (Wildman–Crippen LogP) is 4.00. The van der Waals surface area contributed by atoms with Gasteiger partial charge in [-0.15, -0.1) is 0 Å². The largest absolute Gasteiger partial charge is 0.486 e. The molecule has 2 aromatic carbocycles. The maximum absolute atomic E-state index is 12.6. The van der Waals surface area contributed by atoms with Crippen LogP contribution in [0.15, 0.2) is 45.9 Å². The number of carbonyl (C=O) groups is 1. The Morgan fingerprint density at radius 1 is 1.20 bits per heavy atom. The number of hydrogen-bond acceptors (Lipinski definition) is 4. The number of benzene rings is 2. The number of carbonyl (C=O) groups excluding carboxylic acids is 1. The van der Waals surface area contributed by atoms with E-state index in [1.54, 1.807) is 18.2 Å². The Kier molecular flexibility index (Phi) is 4.35. The number of ether oxygens (including phenoxy) is 2. The van der Waals surface area contributed by atoms with E-state index in [-0.39, 0.29) is 5.91 Å². The highest BCUT2D eigenvalue weighted by Gasteiger charge is 2.15. The average Bonchev–Trinajstić information content (AvgIpc) is 2.97. The fraction of sp³-hybridized carbons (Fsp3) is 0.222. The van der Waals surface area contributed by atoms with Gasteiger partial charge in [-0.2, -0.15) is 4.99 Å². The minimum Gasteiger partial charge on any atom is -0.486 e. The Morgan fingerprint density at radius 2 is 2.00 bits per heavy atom. The number of nitrogens with zero attached hydrogens (tertiary/aromatic N) is 2. The Hall–Kier alpha value is -2.12. The highest BCUT2D eigenvalue weighted by molar-refractivity contribution is 9.10. The molecule has 0 unspecified atom stereocenters. The monoisotopic (exact) mass is 418 g/mol. The lowest BCUT2D eigenvalue weighted by Crippen LogP contribution is -2.17. The molecule has 1 aromatic heterocycles. The lowest BCUT2D eigenvalue weighted by Gasteiger charge is -2.18. The minimum atomic E-state index is -0.287. The van der Waals surface area contributed by atoms with Gasteiger partial charge in [0.1, 0.15) is 13.2 Å². The quantitative estimate of drug-likeness (QED) is 0.631. The number of aryl methyl sites for hydroxylation is 1. The molecule has 25 heavy (non-hydrogen) atoms. The topological polar surface area (TPSA) is 52.8 Å². The van der Waals surface area contributed by atoms with Crippen LogP contribution in [-0.4, -0.2) is 23.7 Å². The third-order valence-corrected chi connectivity index (χ3v) is 5.48. The summed E-state index contributed by atoms with van der Waals surface area (Å²) >= 11 is 4.99. The fourth-order valence-corrected chi connectivity index (χ4v) is 4.41. The number of fused-ring (bicyclic) bond motifs is 2. The molecule has 0 saturated heterocycles. The SMILES string of the molecule is CCn1c(=NC(=O)c2ccc3c(c2)OCCO3)sc2cc(Br)ccc21. The number of halogens is 1. The standard InChI is InChI=1S/C18H15BrN2O3S/c1-2-21-13-5-4-12(19)10-16(13)25-18(21)20-17(22)11-3-6-14-15(9-11)24-8-7-23-14/h3-6,9-10H,2,7-8H2,1H3. The molecule has 0 aliphatic carbocycles. The van der Waals surface area contributed by atoms with Crippen molar-refractivity contribution >= 4 is 43.4 Å². The highest BCUT2D eigenvalue weighted by atomic mass is 79.9. The van der Waals surface area contributed by atoms with Crippen molar-refractivity contribution in [3.05, 3.63) is 51.2 Å². The number of amides is 1. The van der Waals surface area contributed by atoms with Crippen LogP contribution in [0, 0.1) is 0 Å². The van der Waals surface area contributed by atoms with Crippen LogP contribution in [0.25, 0.3) is 10.2 Å². The first kappa shape index (κ1) is 16.4. The lowest BCUT2D eigenvalue weighted by molar-refractivity contribution is 0.0996. The molecule has 0 saturated carbocycles. The lowest BCUT2D eigenvalue weighted by atomic mass is 10.2. The van der Waals surface area contributed by atoms with Crippen LogP contribution in [0.5, 0.6) is 11.5 Å². The molecule has 128 valence electrons. The van der Waals surface area contributed by atoms with E-state index in [2.05, 4.69) is 20.9 Å². The van der Waals surface area contributed by atoms with Crippen molar-refractivity contribution in [2.75, 3.05) is 13.2 Å². The first-order valence-corrected chi connectivity index (χ1v) is 9.54. The number of hydrogen-bond donors (Lipinski definition) is 0. The van der Waals surface area contributed by atoms with Crippen LogP contribution in [0.4, 0.5) is 0 Å². The van der Waals surface area contributed by atoms with Gasteiger partial charge in [0.05, 0.1) is 10.2 Å². The van der Waals surface area contributed by atoms with Crippen LogP contribution in [0.2, 0.25) is 0 Å². The summed E-state index contributed by atoms with van der Waals surface area (Å²) in [4.78, 5) is 17.7. The Labute approximate surface area is 156 Å². The van der Waals surface area contributed by atoms with E-state index in [4.69, 9.17) is 9.47 Å². The normalized spacial score (nSPS) is 14.1. The Bertz CT molecular complexity index is 1040. The van der Waals surface area contributed by atoms with Crippen LogP contribution in [0.3, 0.4) is 0 Å². The fourth-order valence-electron chi connectivity index (χ4n) is 2.77. The highest BCUT2D eigenvalue weighted by Crippen LogP contribution is 2.31. The van der Waals surface area contributed by atoms with E-state index < -0.39 is 0 Å². The second kappa shape index (κ2) is 6.65. The van der Waals surface area contributed by atoms with Gasteiger partial charge in [0.2, 0.25) is 0 Å². The molecule has 2 heterocycles. The summed E-state index contributed by atoms with van der Waals surface area (Å²) in [7, 11) is 0. The molecule has 0 N–H and O–H groups in total. The summed E-state index contributed by atoms with van der Waals surface area (Å²) in [6.45, 7) is 3.80. The van der Waals surface area contributed by atoms with Crippen LogP contribution in [-0.2, 0) is 6.54 Å². The molecule has 5 nitrogen and oxygen atoms in total. The number of aromatic nitrogens is 1. The molecule has 3 aromatic rings. The zero-order valence-corrected chi connectivity index (χ0v) is 15.9. The van der Waals surface area contributed by atoms with Crippen molar-refractivity contribution in [1.29, 1.82) is 0 Å². The molecule has 0 spiro atoms. The summed E-state index contributed by atoms with van der Waals surface area (Å²) in [5, 5.41) is 0. The molecule has 0 bridgehead atoms.